The summed E-state index contributed by atoms with van der Waals surface area (Å²) in [5.41, 5.74) is 1.25. The lowest BCUT2D eigenvalue weighted by Crippen LogP contribution is -2.25. The Bertz CT molecular complexity index is 757. The first-order valence-corrected chi connectivity index (χ1v) is 8.37. The molecule has 0 saturated heterocycles. The third kappa shape index (κ3) is 2.47. The highest BCUT2D eigenvalue weighted by atomic mass is 31.2. The Balaban J connectivity index is 2.92. The summed E-state index contributed by atoms with van der Waals surface area (Å²) in [6, 6.07) is 10.6. The largest absolute Gasteiger partial charge is 0.335 e. The molecule has 21 heavy (non-hydrogen) atoms. The van der Waals surface area contributed by atoms with Gasteiger partial charge in [-0.2, -0.15) is 5.26 Å². The van der Waals surface area contributed by atoms with E-state index in [9.17, 15) is 14.4 Å². The van der Waals surface area contributed by atoms with Gasteiger partial charge in [-0.05, 0) is 30.5 Å². The van der Waals surface area contributed by atoms with E-state index in [4.69, 9.17) is 5.26 Å². The van der Waals surface area contributed by atoms with E-state index in [1.165, 1.54) is 6.07 Å². The van der Waals surface area contributed by atoms with Crippen LogP contribution in [-0.4, -0.2) is 14.8 Å². The zero-order valence-corrected chi connectivity index (χ0v) is 12.8. The number of hydrogen-bond donors (Lipinski definition) is 2. The molecule has 0 bridgehead atoms. The molecule has 0 atom stereocenters. The number of benzene rings is 1. The zero-order chi connectivity index (χ0) is 15.7. The lowest BCUT2D eigenvalue weighted by molar-refractivity contribution is 0.316. The number of nitrogens with zero attached hydrogens (tertiary/aromatic N) is 2. The van der Waals surface area contributed by atoms with E-state index in [1.54, 1.807) is 38.1 Å². The van der Waals surface area contributed by atoms with Gasteiger partial charge in [0.1, 0.15) is 11.8 Å². The van der Waals surface area contributed by atoms with Crippen LogP contribution in [0.2, 0.25) is 0 Å². The van der Waals surface area contributed by atoms with Crippen LogP contribution in [0.4, 0.5) is 0 Å². The summed E-state index contributed by atoms with van der Waals surface area (Å²) in [6.07, 6.45) is 0.569. The minimum atomic E-state index is -4.40. The molecule has 0 fully saturated rings. The van der Waals surface area contributed by atoms with Crippen molar-refractivity contribution >= 4 is 18.5 Å². The number of para-hydroxylation sites is 1. The van der Waals surface area contributed by atoms with Crippen LogP contribution in [0.1, 0.15) is 37.9 Å². The van der Waals surface area contributed by atoms with Crippen molar-refractivity contribution in [1.29, 1.82) is 5.26 Å². The zero-order valence-electron chi connectivity index (χ0n) is 11.9. The molecule has 0 saturated carbocycles. The summed E-state index contributed by atoms with van der Waals surface area (Å²) in [5, 5.41) is 8.52. The van der Waals surface area contributed by atoms with Crippen LogP contribution >= 0.6 is 7.60 Å². The number of nitriles is 1. The van der Waals surface area contributed by atoms with Gasteiger partial charge in [-0.1, -0.05) is 32.0 Å². The molecule has 0 amide bonds. The summed E-state index contributed by atoms with van der Waals surface area (Å²) in [5.74, 6) is 0. The van der Waals surface area contributed by atoms with Crippen molar-refractivity contribution < 1.29 is 14.4 Å². The second-order valence-electron chi connectivity index (χ2n) is 4.97. The molecule has 0 aliphatic carbocycles. The van der Waals surface area contributed by atoms with Gasteiger partial charge in [0.15, 0.2) is 0 Å². The Morgan fingerprint density at radius 1 is 1.29 bits per heavy atom. The highest BCUT2D eigenvalue weighted by molar-refractivity contribution is 7.53. The minimum Gasteiger partial charge on any atom is -0.324 e. The van der Waals surface area contributed by atoms with E-state index in [2.05, 4.69) is 4.98 Å². The van der Waals surface area contributed by atoms with Crippen molar-refractivity contribution in [3.05, 3.63) is 41.6 Å². The first-order valence-electron chi connectivity index (χ1n) is 6.75. The number of fused-ring (bicyclic) bond motifs is 1. The topological polar surface area (TPSA) is 94.2 Å². The van der Waals surface area contributed by atoms with Gasteiger partial charge in [-0.15, -0.1) is 0 Å². The van der Waals surface area contributed by atoms with Crippen molar-refractivity contribution in [3.8, 4) is 6.07 Å². The van der Waals surface area contributed by atoms with Crippen molar-refractivity contribution in [2.75, 3.05) is 0 Å². The molecule has 2 aromatic rings. The molecule has 1 heterocycles. The van der Waals surface area contributed by atoms with Gasteiger partial charge < -0.3 is 9.79 Å². The molecular formula is C15H17N2O3P. The van der Waals surface area contributed by atoms with Gasteiger partial charge in [0.25, 0.3) is 0 Å². The molecule has 0 aliphatic heterocycles. The Hall–Kier alpha value is -1.73. The number of hydrogen-bond acceptors (Lipinski definition) is 3. The molecule has 6 heteroatoms. The molecule has 0 spiro atoms. The monoisotopic (exact) mass is 304 g/mol. The first kappa shape index (κ1) is 15.7. The van der Waals surface area contributed by atoms with E-state index < -0.39 is 12.8 Å². The van der Waals surface area contributed by atoms with Crippen molar-refractivity contribution in [2.45, 2.75) is 31.8 Å². The standard InChI is InChI=1S/C15H17N2O3P/c1-3-15(4-2,21(18,19)20)13-9-11(10-16)17-14-8-6-5-7-12(13)14/h5-9H,3-4H2,1-2H3,(H2,18,19,20). The molecular weight excluding hydrogens is 287 g/mol. The Morgan fingerprint density at radius 3 is 2.43 bits per heavy atom. The van der Waals surface area contributed by atoms with Crippen LogP contribution in [0.15, 0.2) is 30.3 Å². The van der Waals surface area contributed by atoms with Crippen molar-refractivity contribution in [3.63, 3.8) is 0 Å². The Labute approximate surface area is 123 Å². The number of pyridine rings is 1. The van der Waals surface area contributed by atoms with Crippen LogP contribution < -0.4 is 0 Å². The summed E-state index contributed by atoms with van der Waals surface area (Å²) in [7, 11) is -4.40. The maximum atomic E-state index is 12.2. The highest BCUT2D eigenvalue weighted by Gasteiger charge is 2.46. The quantitative estimate of drug-likeness (QED) is 0.845. The van der Waals surface area contributed by atoms with Crippen molar-refractivity contribution in [1.82, 2.24) is 4.98 Å². The molecule has 0 unspecified atom stereocenters. The lowest BCUT2D eigenvalue weighted by Gasteiger charge is -2.33. The average Bonchev–Trinajstić information content (AvgIpc) is 2.47. The van der Waals surface area contributed by atoms with Crippen molar-refractivity contribution in [2.24, 2.45) is 0 Å². The van der Waals surface area contributed by atoms with Gasteiger partial charge in [0.2, 0.25) is 0 Å². The first-order chi connectivity index (χ1) is 9.89. The van der Waals surface area contributed by atoms with Gasteiger partial charge >= 0.3 is 7.60 Å². The number of aromatic nitrogens is 1. The maximum Gasteiger partial charge on any atom is 0.335 e. The van der Waals surface area contributed by atoms with E-state index in [-0.39, 0.29) is 18.5 Å². The summed E-state index contributed by atoms with van der Waals surface area (Å²) < 4.78 is 12.2. The molecule has 1 aromatic heterocycles. The fraction of sp³-hybridized carbons (Fsp3) is 0.333. The Kier molecular flexibility index (Phi) is 4.15. The average molecular weight is 304 g/mol. The van der Waals surface area contributed by atoms with E-state index in [0.717, 1.165) is 0 Å². The second-order valence-corrected chi connectivity index (χ2v) is 6.91. The fourth-order valence-corrected chi connectivity index (χ4v) is 4.14. The fourth-order valence-electron chi connectivity index (χ4n) is 2.82. The summed E-state index contributed by atoms with van der Waals surface area (Å²) in [6.45, 7) is 3.51. The third-order valence-corrected chi connectivity index (χ3v) is 6.05. The van der Waals surface area contributed by atoms with Gasteiger partial charge in [0.05, 0.1) is 10.7 Å². The van der Waals surface area contributed by atoms with Crippen LogP contribution in [0, 0.1) is 11.3 Å². The normalized spacial score (nSPS) is 12.3. The summed E-state index contributed by atoms with van der Waals surface area (Å²) in [4.78, 5) is 24.0. The molecule has 2 N–H and O–H groups in total. The highest BCUT2D eigenvalue weighted by Crippen LogP contribution is 2.61. The molecule has 1 aromatic carbocycles. The van der Waals surface area contributed by atoms with Crippen LogP contribution in [0.25, 0.3) is 10.9 Å². The lowest BCUT2D eigenvalue weighted by atomic mass is 9.89. The van der Waals surface area contributed by atoms with Gasteiger partial charge in [-0.25, -0.2) is 4.98 Å². The predicted octanol–water partition coefficient (Wildman–Crippen LogP) is 3.30. The van der Waals surface area contributed by atoms with Gasteiger partial charge in [-0.3, -0.25) is 4.57 Å². The SMILES string of the molecule is CCC(CC)(c1cc(C#N)nc2ccccc12)P(=O)(O)O. The molecule has 5 nitrogen and oxygen atoms in total. The molecule has 0 radical (unpaired) electrons. The smallest absolute Gasteiger partial charge is 0.324 e. The summed E-state index contributed by atoms with van der Waals surface area (Å²) >= 11 is 0. The second kappa shape index (κ2) is 5.57. The molecule has 2 rings (SSSR count). The van der Waals surface area contributed by atoms with Crippen LogP contribution in [-0.2, 0) is 9.72 Å². The third-order valence-electron chi connectivity index (χ3n) is 4.06. The van der Waals surface area contributed by atoms with Crippen LogP contribution in [0.5, 0.6) is 0 Å². The molecule has 0 aliphatic rings. The minimum absolute atomic E-state index is 0.170. The van der Waals surface area contributed by atoms with Gasteiger partial charge in [0, 0.05) is 5.39 Å². The molecule has 110 valence electrons. The van der Waals surface area contributed by atoms with Crippen LogP contribution in [0.3, 0.4) is 0 Å². The Morgan fingerprint density at radius 2 is 1.90 bits per heavy atom. The van der Waals surface area contributed by atoms with E-state index >= 15 is 0 Å². The van der Waals surface area contributed by atoms with E-state index in [0.29, 0.717) is 16.5 Å². The number of rotatable bonds is 4. The maximum absolute atomic E-state index is 12.2. The predicted molar refractivity (Wildman–Crippen MR) is 80.8 cm³/mol. The van der Waals surface area contributed by atoms with E-state index in [1.807, 2.05) is 6.07 Å².